The van der Waals surface area contributed by atoms with Crippen molar-refractivity contribution in [1.29, 1.82) is 0 Å². The van der Waals surface area contributed by atoms with Crippen molar-refractivity contribution in [3.05, 3.63) is 17.7 Å². The van der Waals surface area contributed by atoms with Gasteiger partial charge in [0.05, 0.1) is 23.5 Å². The van der Waals surface area contributed by atoms with Crippen molar-refractivity contribution in [2.24, 2.45) is 0 Å². The first-order valence-electron chi connectivity index (χ1n) is 7.04. The van der Waals surface area contributed by atoms with Crippen LogP contribution in [0.15, 0.2) is 6.20 Å². The monoisotopic (exact) mass is 282 g/mol. The van der Waals surface area contributed by atoms with Gasteiger partial charge in [0, 0.05) is 32.1 Å². The molecule has 0 atom stereocenters. The van der Waals surface area contributed by atoms with Gasteiger partial charge in [-0.25, -0.2) is 9.97 Å². The molecule has 1 saturated heterocycles. The summed E-state index contributed by atoms with van der Waals surface area (Å²) >= 11 is 6.06. The van der Waals surface area contributed by atoms with Gasteiger partial charge in [-0.3, -0.25) is 0 Å². The topological polar surface area (TPSA) is 32.3 Å². The lowest BCUT2D eigenvalue weighted by Gasteiger charge is -2.36. The van der Waals surface area contributed by atoms with E-state index in [0.29, 0.717) is 11.8 Å². The molecule has 1 aliphatic heterocycles. The SMILES string of the molecule is CCN1CCN(c2cnc(C(C)C)nc2CCl)CC1. The zero-order valence-electron chi connectivity index (χ0n) is 12.1. The fourth-order valence-electron chi connectivity index (χ4n) is 2.37. The van der Waals surface area contributed by atoms with Gasteiger partial charge >= 0.3 is 0 Å². The molecule has 1 aromatic rings. The van der Waals surface area contributed by atoms with Crippen LogP contribution in [0, 0.1) is 0 Å². The first kappa shape index (κ1) is 14.5. The number of hydrogen-bond donors (Lipinski definition) is 0. The Morgan fingerprint density at radius 1 is 1.26 bits per heavy atom. The molecule has 2 heterocycles. The Labute approximate surface area is 120 Å². The van der Waals surface area contributed by atoms with E-state index in [9.17, 15) is 0 Å². The summed E-state index contributed by atoms with van der Waals surface area (Å²) in [5.41, 5.74) is 2.07. The minimum absolute atomic E-state index is 0.341. The predicted molar refractivity (Wildman–Crippen MR) is 80.0 cm³/mol. The molecule has 0 radical (unpaired) electrons. The maximum absolute atomic E-state index is 6.06. The second-order valence-corrected chi connectivity index (χ2v) is 5.54. The summed E-state index contributed by atoms with van der Waals surface area (Å²) in [6, 6.07) is 0. The van der Waals surface area contributed by atoms with Crippen molar-refractivity contribution in [2.75, 3.05) is 37.6 Å². The molecule has 4 nitrogen and oxygen atoms in total. The summed E-state index contributed by atoms with van der Waals surface area (Å²) in [4.78, 5) is 13.9. The van der Waals surface area contributed by atoms with Gasteiger partial charge in [0.2, 0.25) is 0 Å². The van der Waals surface area contributed by atoms with Gasteiger partial charge in [0.1, 0.15) is 5.82 Å². The van der Waals surface area contributed by atoms with Crippen LogP contribution in [0.5, 0.6) is 0 Å². The van der Waals surface area contributed by atoms with E-state index in [1.165, 1.54) is 0 Å². The third-order valence-corrected chi connectivity index (χ3v) is 3.92. The van der Waals surface area contributed by atoms with Crippen LogP contribution in [-0.2, 0) is 5.88 Å². The Balaban J connectivity index is 2.16. The predicted octanol–water partition coefficient (Wildman–Crippen LogP) is 2.48. The van der Waals surface area contributed by atoms with Gasteiger partial charge in [-0.15, -0.1) is 11.6 Å². The fraction of sp³-hybridized carbons (Fsp3) is 0.714. The average Bonchev–Trinajstić information content (AvgIpc) is 2.46. The largest absolute Gasteiger partial charge is 0.366 e. The van der Waals surface area contributed by atoms with E-state index in [1.54, 1.807) is 0 Å². The molecule has 19 heavy (non-hydrogen) atoms. The summed E-state index contributed by atoms with van der Waals surface area (Å²) in [5, 5.41) is 0. The molecule has 0 bridgehead atoms. The first-order valence-corrected chi connectivity index (χ1v) is 7.58. The highest BCUT2D eigenvalue weighted by atomic mass is 35.5. The molecule has 0 amide bonds. The van der Waals surface area contributed by atoms with Gasteiger partial charge in [-0.1, -0.05) is 20.8 Å². The maximum atomic E-state index is 6.06. The molecule has 0 saturated carbocycles. The van der Waals surface area contributed by atoms with Crippen LogP contribution in [0.3, 0.4) is 0 Å². The number of hydrogen-bond acceptors (Lipinski definition) is 4. The van der Waals surface area contributed by atoms with Crippen molar-refractivity contribution >= 4 is 17.3 Å². The molecule has 1 aliphatic rings. The molecular formula is C14H23ClN4. The van der Waals surface area contributed by atoms with Crippen LogP contribution in [0.1, 0.15) is 38.2 Å². The highest BCUT2D eigenvalue weighted by molar-refractivity contribution is 6.17. The second kappa shape index (κ2) is 6.53. The van der Waals surface area contributed by atoms with Gasteiger partial charge < -0.3 is 9.80 Å². The molecule has 0 spiro atoms. The molecule has 0 unspecified atom stereocenters. The quantitative estimate of drug-likeness (QED) is 0.794. The van der Waals surface area contributed by atoms with E-state index in [1.807, 2.05) is 6.20 Å². The summed E-state index contributed by atoms with van der Waals surface area (Å²) in [6.07, 6.45) is 1.95. The number of aromatic nitrogens is 2. The Morgan fingerprint density at radius 3 is 2.47 bits per heavy atom. The minimum atomic E-state index is 0.341. The number of nitrogens with zero attached hydrogens (tertiary/aromatic N) is 4. The van der Waals surface area contributed by atoms with Crippen molar-refractivity contribution in [3.8, 4) is 0 Å². The lowest BCUT2D eigenvalue weighted by molar-refractivity contribution is 0.271. The average molecular weight is 283 g/mol. The standard InChI is InChI=1S/C14H23ClN4/c1-4-18-5-7-19(8-6-18)13-10-16-14(11(2)3)17-12(13)9-15/h10-11H,4-9H2,1-3H3. The summed E-state index contributed by atoms with van der Waals surface area (Å²) in [7, 11) is 0. The van der Waals surface area contributed by atoms with Gasteiger partial charge in [-0.05, 0) is 6.54 Å². The molecule has 2 rings (SSSR count). The maximum Gasteiger partial charge on any atom is 0.131 e. The van der Waals surface area contributed by atoms with E-state index >= 15 is 0 Å². The molecule has 0 aromatic carbocycles. The Hall–Kier alpha value is -0.870. The van der Waals surface area contributed by atoms with Crippen LogP contribution in [-0.4, -0.2) is 47.6 Å². The Morgan fingerprint density at radius 2 is 1.95 bits per heavy atom. The minimum Gasteiger partial charge on any atom is -0.366 e. The zero-order valence-corrected chi connectivity index (χ0v) is 12.8. The van der Waals surface area contributed by atoms with Gasteiger partial charge in [0.15, 0.2) is 0 Å². The van der Waals surface area contributed by atoms with E-state index in [0.717, 1.165) is 49.9 Å². The number of alkyl halides is 1. The van der Waals surface area contributed by atoms with Crippen molar-refractivity contribution < 1.29 is 0 Å². The molecule has 0 aliphatic carbocycles. The van der Waals surface area contributed by atoms with Crippen LogP contribution >= 0.6 is 11.6 Å². The Kier molecular flexibility index (Phi) is 4.99. The molecule has 1 fully saturated rings. The molecule has 1 aromatic heterocycles. The van der Waals surface area contributed by atoms with Crippen LogP contribution < -0.4 is 4.90 Å². The van der Waals surface area contributed by atoms with E-state index in [4.69, 9.17) is 11.6 Å². The highest BCUT2D eigenvalue weighted by Crippen LogP contribution is 2.23. The van der Waals surface area contributed by atoms with Crippen LogP contribution in [0.2, 0.25) is 0 Å². The second-order valence-electron chi connectivity index (χ2n) is 5.27. The first-order chi connectivity index (χ1) is 9.15. The van der Waals surface area contributed by atoms with E-state index < -0.39 is 0 Å². The van der Waals surface area contributed by atoms with Crippen molar-refractivity contribution in [3.63, 3.8) is 0 Å². The number of halogens is 1. The fourth-order valence-corrected chi connectivity index (χ4v) is 2.57. The number of piperazine rings is 1. The van der Waals surface area contributed by atoms with Gasteiger partial charge in [0.25, 0.3) is 0 Å². The molecule has 5 heteroatoms. The zero-order chi connectivity index (χ0) is 13.8. The molecular weight excluding hydrogens is 260 g/mol. The summed E-state index contributed by atoms with van der Waals surface area (Å²) in [5.74, 6) is 1.67. The number of anilines is 1. The lowest BCUT2D eigenvalue weighted by atomic mass is 10.2. The van der Waals surface area contributed by atoms with E-state index in [-0.39, 0.29) is 0 Å². The van der Waals surface area contributed by atoms with Crippen LogP contribution in [0.25, 0.3) is 0 Å². The smallest absolute Gasteiger partial charge is 0.131 e. The van der Waals surface area contributed by atoms with Crippen molar-refractivity contribution in [2.45, 2.75) is 32.6 Å². The van der Waals surface area contributed by atoms with Gasteiger partial charge in [-0.2, -0.15) is 0 Å². The third-order valence-electron chi connectivity index (χ3n) is 3.67. The summed E-state index contributed by atoms with van der Waals surface area (Å²) < 4.78 is 0. The summed E-state index contributed by atoms with van der Waals surface area (Å²) in [6.45, 7) is 11.8. The van der Waals surface area contributed by atoms with E-state index in [2.05, 4.69) is 40.5 Å². The molecule has 0 N–H and O–H groups in total. The number of rotatable bonds is 4. The van der Waals surface area contributed by atoms with Crippen LogP contribution in [0.4, 0.5) is 5.69 Å². The third kappa shape index (κ3) is 3.37. The number of likely N-dealkylation sites (N-methyl/N-ethyl adjacent to an activating group) is 1. The normalized spacial score (nSPS) is 17.2. The highest BCUT2D eigenvalue weighted by Gasteiger charge is 2.19. The lowest BCUT2D eigenvalue weighted by Crippen LogP contribution is -2.46. The van der Waals surface area contributed by atoms with Crippen molar-refractivity contribution in [1.82, 2.24) is 14.9 Å². The molecule has 106 valence electrons. The Bertz CT molecular complexity index is 414.